The number of aromatic nitrogens is 4. The first-order valence-corrected chi connectivity index (χ1v) is 6.15. The van der Waals surface area contributed by atoms with Gasteiger partial charge in [-0.15, -0.1) is 0 Å². The van der Waals surface area contributed by atoms with E-state index in [4.69, 9.17) is 0 Å². The summed E-state index contributed by atoms with van der Waals surface area (Å²) in [6.07, 6.45) is 4.19. The molecule has 0 amide bonds. The highest BCUT2D eigenvalue weighted by atomic mass is 16.5. The van der Waals surface area contributed by atoms with E-state index in [1.165, 1.54) is 12.0 Å². The molecular weight excluding hydrogens is 230 g/mol. The Labute approximate surface area is 106 Å². The second-order valence-corrected chi connectivity index (χ2v) is 4.64. The molecule has 98 valence electrons. The lowest BCUT2D eigenvalue weighted by Gasteiger charge is -2.05. The van der Waals surface area contributed by atoms with Crippen molar-refractivity contribution in [3.8, 4) is 0 Å². The van der Waals surface area contributed by atoms with Crippen LogP contribution in [0.5, 0.6) is 0 Å². The molecule has 0 aromatic carbocycles. The Bertz CT molecular complexity index is 475. The van der Waals surface area contributed by atoms with Gasteiger partial charge in [0.05, 0.1) is 5.69 Å². The summed E-state index contributed by atoms with van der Waals surface area (Å²) in [5.74, 6) is 1.18. The van der Waals surface area contributed by atoms with E-state index >= 15 is 0 Å². The lowest BCUT2D eigenvalue weighted by atomic mass is 10.1. The molecule has 2 aromatic heterocycles. The summed E-state index contributed by atoms with van der Waals surface area (Å²) in [5, 5.41) is 11.6. The van der Waals surface area contributed by atoms with Crippen molar-refractivity contribution in [3.63, 3.8) is 0 Å². The van der Waals surface area contributed by atoms with Crippen LogP contribution in [0.3, 0.4) is 0 Å². The fourth-order valence-electron chi connectivity index (χ4n) is 1.90. The quantitative estimate of drug-likeness (QED) is 0.780. The van der Waals surface area contributed by atoms with Crippen LogP contribution in [0.25, 0.3) is 0 Å². The van der Waals surface area contributed by atoms with E-state index in [0.29, 0.717) is 5.92 Å². The maximum Gasteiger partial charge on any atom is 0.213 e. The molecule has 0 fully saturated rings. The molecule has 0 bridgehead atoms. The van der Waals surface area contributed by atoms with Crippen LogP contribution in [0.4, 0.5) is 0 Å². The van der Waals surface area contributed by atoms with Gasteiger partial charge in [-0.2, -0.15) is 10.1 Å². The third-order valence-corrected chi connectivity index (χ3v) is 2.73. The molecule has 0 saturated carbocycles. The van der Waals surface area contributed by atoms with Crippen molar-refractivity contribution in [2.75, 3.05) is 6.54 Å². The van der Waals surface area contributed by atoms with Crippen molar-refractivity contribution in [2.24, 2.45) is 7.05 Å². The lowest BCUT2D eigenvalue weighted by Crippen LogP contribution is -2.17. The largest absolute Gasteiger partial charge is 0.343 e. The zero-order valence-electron chi connectivity index (χ0n) is 11.1. The first-order valence-electron chi connectivity index (χ1n) is 6.15. The zero-order chi connectivity index (χ0) is 13.0. The Hall–Kier alpha value is -1.69. The minimum Gasteiger partial charge on any atom is -0.343 e. The van der Waals surface area contributed by atoms with Crippen LogP contribution in [0.1, 0.15) is 36.8 Å². The topological polar surface area (TPSA) is 68.8 Å². The predicted octanol–water partition coefficient (Wildman–Crippen LogP) is 1.26. The maximum absolute atomic E-state index is 4.68. The average Bonchev–Trinajstić information content (AvgIpc) is 2.93. The summed E-state index contributed by atoms with van der Waals surface area (Å²) in [5.41, 5.74) is 2.41. The van der Waals surface area contributed by atoms with Crippen LogP contribution in [0, 0.1) is 0 Å². The molecule has 6 heteroatoms. The Balaban J connectivity index is 1.83. The van der Waals surface area contributed by atoms with Gasteiger partial charge in [-0.05, 0) is 5.92 Å². The fourth-order valence-corrected chi connectivity index (χ4v) is 1.90. The van der Waals surface area contributed by atoms with Crippen LogP contribution in [0.2, 0.25) is 0 Å². The van der Waals surface area contributed by atoms with Gasteiger partial charge in [0.25, 0.3) is 0 Å². The molecule has 0 saturated heterocycles. The van der Waals surface area contributed by atoms with E-state index in [1.807, 2.05) is 11.7 Å². The highest BCUT2D eigenvalue weighted by Gasteiger charge is 2.10. The molecule has 18 heavy (non-hydrogen) atoms. The zero-order valence-corrected chi connectivity index (χ0v) is 11.1. The summed E-state index contributed by atoms with van der Waals surface area (Å²) in [7, 11) is 1.95. The summed E-state index contributed by atoms with van der Waals surface area (Å²) in [6.45, 7) is 5.96. The van der Waals surface area contributed by atoms with Crippen LogP contribution in [0.15, 0.2) is 17.1 Å². The monoisotopic (exact) mass is 249 g/mol. The molecule has 2 rings (SSSR count). The van der Waals surface area contributed by atoms with E-state index in [-0.39, 0.29) is 0 Å². The first kappa shape index (κ1) is 12.8. The van der Waals surface area contributed by atoms with E-state index in [2.05, 4.69) is 45.1 Å². The van der Waals surface area contributed by atoms with Crippen molar-refractivity contribution < 1.29 is 4.52 Å². The summed E-state index contributed by atoms with van der Waals surface area (Å²) >= 11 is 0. The average molecular weight is 249 g/mol. The van der Waals surface area contributed by atoms with Gasteiger partial charge in [0, 0.05) is 38.3 Å². The van der Waals surface area contributed by atoms with Gasteiger partial charge >= 0.3 is 0 Å². The SMILES string of the molecule is CC(C)c1nn(C)cc1CNCCc1ncon1. The Morgan fingerprint density at radius 1 is 1.44 bits per heavy atom. The molecule has 2 heterocycles. The van der Waals surface area contributed by atoms with E-state index in [1.54, 1.807) is 0 Å². The van der Waals surface area contributed by atoms with E-state index < -0.39 is 0 Å². The summed E-state index contributed by atoms with van der Waals surface area (Å²) < 4.78 is 6.55. The minimum atomic E-state index is 0.445. The number of hydrogen-bond acceptors (Lipinski definition) is 5. The van der Waals surface area contributed by atoms with Gasteiger partial charge in [-0.25, -0.2) is 0 Å². The highest BCUT2D eigenvalue weighted by Crippen LogP contribution is 2.16. The Kier molecular flexibility index (Phi) is 4.09. The fraction of sp³-hybridized carbons (Fsp3) is 0.583. The van der Waals surface area contributed by atoms with Gasteiger partial charge in [-0.1, -0.05) is 19.0 Å². The number of nitrogens with zero attached hydrogens (tertiary/aromatic N) is 4. The minimum absolute atomic E-state index is 0.445. The van der Waals surface area contributed by atoms with Crippen LogP contribution in [-0.2, 0) is 20.0 Å². The molecule has 6 nitrogen and oxygen atoms in total. The number of aryl methyl sites for hydroxylation is 1. The molecule has 2 aromatic rings. The van der Waals surface area contributed by atoms with Crippen LogP contribution < -0.4 is 5.32 Å². The molecule has 0 spiro atoms. The molecule has 1 N–H and O–H groups in total. The third-order valence-electron chi connectivity index (χ3n) is 2.73. The van der Waals surface area contributed by atoms with Crippen molar-refractivity contribution in [1.29, 1.82) is 0 Å². The second kappa shape index (κ2) is 5.77. The molecular formula is C12H19N5O. The number of rotatable bonds is 6. The predicted molar refractivity (Wildman–Crippen MR) is 67.0 cm³/mol. The number of nitrogens with one attached hydrogen (secondary N) is 1. The van der Waals surface area contributed by atoms with Crippen LogP contribution >= 0.6 is 0 Å². The molecule has 0 atom stereocenters. The highest BCUT2D eigenvalue weighted by molar-refractivity contribution is 5.19. The first-order chi connectivity index (χ1) is 8.66. The Morgan fingerprint density at radius 3 is 2.94 bits per heavy atom. The standard InChI is InChI=1S/C12H19N5O/c1-9(2)12-10(7-17(3)15-12)6-13-5-4-11-14-8-18-16-11/h7-9,13H,4-6H2,1-3H3. The van der Waals surface area contributed by atoms with Gasteiger partial charge < -0.3 is 9.84 Å². The second-order valence-electron chi connectivity index (χ2n) is 4.64. The lowest BCUT2D eigenvalue weighted by molar-refractivity contribution is 0.409. The smallest absolute Gasteiger partial charge is 0.213 e. The van der Waals surface area contributed by atoms with Crippen molar-refractivity contribution in [3.05, 3.63) is 29.7 Å². The van der Waals surface area contributed by atoms with Gasteiger partial charge in [0.1, 0.15) is 0 Å². The van der Waals surface area contributed by atoms with Gasteiger partial charge in [0.15, 0.2) is 5.82 Å². The maximum atomic E-state index is 4.68. The molecule has 0 aliphatic heterocycles. The molecule has 0 aliphatic carbocycles. The van der Waals surface area contributed by atoms with Crippen molar-refractivity contribution in [2.45, 2.75) is 32.7 Å². The van der Waals surface area contributed by atoms with E-state index in [9.17, 15) is 0 Å². The Morgan fingerprint density at radius 2 is 2.28 bits per heavy atom. The summed E-state index contributed by atoms with van der Waals surface area (Å²) in [6, 6.07) is 0. The summed E-state index contributed by atoms with van der Waals surface area (Å²) in [4.78, 5) is 3.98. The van der Waals surface area contributed by atoms with Gasteiger partial charge in [0.2, 0.25) is 6.39 Å². The van der Waals surface area contributed by atoms with Crippen LogP contribution in [-0.4, -0.2) is 26.5 Å². The molecule has 0 radical (unpaired) electrons. The third kappa shape index (κ3) is 3.16. The normalized spacial score (nSPS) is 11.3. The van der Waals surface area contributed by atoms with E-state index in [0.717, 1.165) is 31.0 Å². The number of hydrogen-bond donors (Lipinski definition) is 1. The van der Waals surface area contributed by atoms with Crippen molar-refractivity contribution >= 4 is 0 Å². The van der Waals surface area contributed by atoms with Crippen molar-refractivity contribution in [1.82, 2.24) is 25.2 Å². The van der Waals surface area contributed by atoms with Gasteiger partial charge in [-0.3, -0.25) is 4.68 Å². The molecule has 0 unspecified atom stereocenters. The molecule has 0 aliphatic rings.